The van der Waals surface area contributed by atoms with E-state index >= 15 is 0 Å². The molecule has 4 heteroatoms. The maximum Gasteiger partial charge on any atom is 0.342 e. The summed E-state index contributed by atoms with van der Waals surface area (Å²) in [7, 11) is 4.79. The standard InChI is InChI=1S/C11H19NO3/c1-6-8(2)10(13)9(7-12(3)4)11(14)15-5/h7-8H,6H2,1-5H3/b9-7-. The van der Waals surface area contributed by atoms with E-state index < -0.39 is 5.97 Å². The zero-order chi connectivity index (χ0) is 12.0. The van der Waals surface area contributed by atoms with Crippen LogP contribution in [-0.4, -0.2) is 37.9 Å². The zero-order valence-electron chi connectivity index (χ0n) is 10.0. The Labute approximate surface area is 90.9 Å². The molecule has 4 nitrogen and oxygen atoms in total. The molecule has 86 valence electrons. The highest BCUT2D eigenvalue weighted by Gasteiger charge is 2.23. The second kappa shape index (κ2) is 6.22. The summed E-state index contributed by atoms with van der Waals surface area (Å²) < 4.78 is 4.57. The normalized spacial score (nSPS) is 13.3. The van der Waals surface area contributed by atoms with Crippen molar-refractivity contribution in [2.24, 2.45) is 5.92 Å². The highest BCUT2D eigenvalue weighted by Crippen LogP contribution is 2.11. The summed E-state index contributed by atoms with van der Waals surface area (Å²) in [5, 5.41) is 0. The lowest BCUT2D eigenvalue weighted by Crippen LogP contribution is -2.22. The van der Waals surface area contributed by atoms with Gasteiger partial charge >= 0.3 is 5.97 Å². The maximum atomic E-state index is 11.8. The van der Waals surface area contributed by atoms with E-state index in [1.165, 1.54) is 13.3 Å². The van der Waals surface area contributed by atoms with Gasteiger partial charge in [0.1, 0.15) is 5.57 Å². The Hall–Kier alpha value is -1.32. The smallest absolute Gasteiger partial charge is 0.342 e. The van der Waals surface area contributed by atoms with Crippen molar-refractivity contribution >= 4 is 11.8 Å². The van der Waals surface area contributed by atoms with Crippen molar-refractivity contribution in [3.63, 3.8) is 0 Å². The monoisotopic (exact) mass is 213 g/mol. The highest BCUT2D eigenvalue weighted by molar-refractivity contribution is 6.17. The number of hydrogen-bond donors (Lipinski definition) is 0. The molecule has 0 aliphatic carbocycles. The van der Waals surface area contributed by atoms with Crippen LogP contribution in [0.25, 0.3) is 0 Å². The molecule has 0 radical (unpaired) electrons. The molecule has 0 aromatic carbocycles. The van der Waals surface area contributed by atoms with Gasteiger partial charge in [0.15, 0.2) is 5.78 Å². The molecular formula is C11H19NO3. The predicted molar refractivity (Wildman–Crippen MR) is 58.2 cm³/mol. The largest absolute Gasteiger partial charge is 0.465 e. The van der Waals surface area contributed by atoms with Gasteiger partial charge in [0.05, 0.1) is 7.11 Å². The van der Waals surface area contributed by atoms with Crippen LogP contribution in [0.1, 0.15) is 20.3 Å². The first-order valence-electron chi connectivity index (χ1n) is 4.94. The molecule has 0 aliphatic rings. The van der Waals surface area contributed by atoms with E-state index in [4.69, 9.17) is 0 Å². The number of hydrogen-bond acceptors (Lipinski definition) is 4. The molecular weight excluding hydrogens is 194 g/mol. The number of ketones is 1. The molecule has 0 aliphatic heterocycles. The maximum absolute atomic E-state index is 11.8. The molecule has 0 amide bonds. The highest BCUT2D eigenvalue weighted by atomic mass is 16.5. The van der Waals surface area contributed by atoms with Gasteiger partial charge in [-0.3, -0.25) is 4.79 Å². The third-order valence-electron chi connectivity index (χ3n) is 2.12. The van der Waals surface area contributed by atoms with Crippen LogP contribution in [0.5, 0.6) is 0 Å². The minimum atomic E-state index is -0.575. The SMILES string of the molecule is CCC(C)C(=O)/C(=C/N(C)C)C(=O)OC. The molecule has 15 heavy (non-hydrogen) atoms. The van der Waals surface area contributed by atoms with Crippen molar-refractivity contribution in [1.82, 2.24) is 4.90 Å². The Balaban J connectivity index is 4.95. The van der Waals surface area contributed by atoms with Crippen LogP contribution in [0, 0.1) is 5.92 Å². The Morgan fingerprint density at radius 2 is 1.93 bits per heavy atom. The number of nitrogens with zero attached hydrogens (tertiary/aromatic N) is 1. The molecule has 0 N–H and O–H groups in total. The third-order valence-corrected chi connectivity index (χ3v) is 2.12. The number of carbonyl (C=O) groups is 2. The lowest BCUT2D eigenvalue weighted by Gasteiger charge is -2.12. The van der Waals surface area contributed by atoms with Crippen LogP contribution in [0.2, 0.25) is 0 Å². The summed E-state index contributed by atoms with van der Waals surface area (Å²) in [6.45, 7) is 3.71. The second-order valence-electron chi connectivity index (χ2n) is 3.67. The molecule has 1 unspecified atom stereocenters. The van der Waals surface area contributed by atoms with Crippen LogP contribution in [-0.2, 0) is 14.3 Å². The van der Waals surface area contributed by atoms with Gasteiger partial charge in [-0.15, -0.1) is 0 Å². The van der Waals surface area contributed by atoms with Gasteiger partial charge < -0.3 is 9.64 Å². The van der Waals surface area contributed by atoms with E-state index in [0.717, 1.165) is 0 Å². The van der Waals surface area contributed by atoms with Crippen LogP contribution < -0.4 is 0 Å². The van der Waals surface area contributed by atoms with Crippen molar-refractivity contribution in [3.05, 3.63) is 11.8 Å². The van der Waals surface area contributed by atoms with Gasteiger partial charge in [0.2, 0.25) is 0 Å². The lowest BCUT2D eigenvalue weighted by molar-refractivity contribution is -0.138. The third kappa shape index (κ3) is 4.14. The van der Waals surface area contributed by atoms with Gasteiger partial charge in [0, 0.05) is 26.2 Å². The summed E-state index contributed by atoms with van der Waals surface area (Å²) in [4.78, 5) is 24.8. The Morgan fingerprint density at radius 3 is 2.27 bits per heavy atom. The summed E-state index contributed by atoms with van der Waals surface area (Å²) in [6, 6.07) is 0. The second-order valence-corrected chi connectivity index (χ2v) is 3.67. The number of rotatable bonds is 5. The van der Waals surface area contributed by atoms with Gasteiger partial charge in [-0.2, -0.15) is 0 Å². The minimum absolute atomic E-state index is 0.108. The van der Waals surface area contributed by atoms with Gasteiger partial charge in [-0.1, -0.05) is 13.8 Å². The summed E-state index contributed by atoms with van der Waals surface area (Å²) >= 11 is 0. The van der Waals surface area contributed by atoms with Crippen molar-refractivity contribution in [1.29, 1.82) is 0 Å². The van der Waals surface area contributed by atoms with Crippen LogP contribution in [0.15, 0.2) is 11.8 Å². The lowest BCUT2D eigenvalue weighted by atomic mass is 9.97. The fourth-order valence-corrected chi connectivity index (χ4v) is 1.04. The van der Waals surface area contributed by atoms with Crippen molar-refractivity contribution in [3.8, 4) is 0 Å². The Bertz CT molecular complexity index is 269. The Kier molecular flexibility index (Phi) is 5.67. The van der Waals surface area contributed by atoms with E-state index in [0.29, 0.717) is 6.42 Å². The minimum Gasteiger partial charge on any atom is -0.465 e. The van der Waals surface area contributed by atoms with Crippen molar-refractivity contribution in [2.45, 2.75) is 20.3 Å². The molecule has 0 heterocycles. The molecule has 0 aromatic heterocycles. The first-order valence-corrected chi connectivity index (χ1v) is 4.94. The Morgan fingerprint density at radius 1 is 1.40 bits per heavy atom. The summed E-state index contributed by atoms with van der Waals surface area (Å²) in [5.74, 6) is -0.901. The molecule has 0 aromatic rings. The molecule has 0 saturated carbocycles. The molecule has 1 atom stereocenters. The van der Waals surface area contributed by atoms with E-state index in [1.54, 1.807) is 25.9 Å². The molecule has 0 bridgehead atoms. The average molecular weight is 213 g/mol. The first-order chi connectivity index (χ1) is 6.93. The number of ether oxygens (including phenoxy) is 1. The molecule has 0 fully saturated rings. The number of Topliss-reactive ketones (excluding diaryl/α,β-unsaturated/α-hetero) is 1. The summed E-state index contributed by atoms with van der Waals surface area (Å²) in [5.41, 5.74) is 0.108. The molecule has 0 rings (SSSR count). The topological polar surface area (TPSA) is 46.6 Å². The van der Waals surface area contributed by atoms with Gasteiger partial charge in [-0.25, -0.2) is 4.79 Å². The predicted octanol–water partition coefficient (Wildman–Crippen LogP) is 1.22. The molecule has 0 saturated heterocycles. The number of carbonyl (C=O) groups excluding carboxylic acids is 2. The number of methoxy groups -OCH3 is 1. The van der Waals surface area contributed by atoms with Crippen LogP contribution >= 0.6 is 0 Å². The average Bonchev–Trinajstić information content (AvgIpc) is 2.22. The zero-order valence-corrected chi connectivity index (χ0v) is 10.0. The first kappa shape index (κ1) is 13.7. The van der Waals surface area contributed by atoms with Crippen molar-refractivity contribution in [2.75, 3.05) is 21.2 Å². The van der Waals surface area contributed by atoms with Crippen LogP contribution in [0.3, 0.4) is 0 Å². The van der Waals surface area contributed by atoms with E-state index in [9.17, 15) is 9.59 Å². The van der Waals surface area contributed by atoms with E-state index in [2.05, 4.69) is 4.74 Å². The fraction of sp³-hybridized carbons (Fsp3) is 0.636. The summed E-state index contributed by atoms with van der Waals surface area (Å²) in [6.07, 6.45) is 2.21. The molecule has 0 spiro atoms. The van der Waals surface area contributed by atoms with Crippen LogP contribution in [0.4, 0.5) is 0 Å². The van der Waals surface area contributed by atoms with Gasteiger partial charge in [0.25, 0.3) is 0 Å². The quantitative estimate of drug-likeness (QED) is 0.298. The fourth-order valence-electron chi connectivity index (χ4n) is 1.04. The van der Waals surface area contributed by atoms with E-state index in [-0.39, 0.29) is 17.3 Å². The van der Waals surface area contributed by atoms with E-state index in [1.807, 2.05) is 6.92 Å². The van der Waals surface area contributed by atoms with Gasteiger partial charge in [-0.05, 0) is 6.42 Å². The van der Waals surface area contributed by atoms with Crippen molar-refractivity contribution < 1.29 is 14.3 Å². The number of esters is 1.